The van der Waals surface area contributed by atoms with Crippen molar-refractivity contribution in [2.45, 2.75) is 39.0 Å². The van der Waals surface area contributed by atoms with Crippen LogP contribution in [0.4, 0.5) is 17.5 Å². The van der Waals surface area contributed by atoms with Gasteiger partial charge in [0.1, 0.15) is 0 Å². The Hall–Kier alpha value is -2.96. The zero-order chi connectivity index (χ0) is 18.9. The summed E-state index contributed by atoms with van der Waals surface area (Å²) in [7, 11) is 0. The molecule has 1 aromatic heterocycles. The zero-order valence-electron chi connectivity index (χ0n) is 15.6. The van der Waals surface area contributed by atoms with Crippen molar-refractivity contribution in [3.8, 4) is 0 Å². The van der Waals surface area contributed by atoms with Gasteiger partial charge in [0, 0.05) is 6.54 Å². The van der Waals surface area contributed by atoms with E-state index in [1.807, 2.05) is 6.07 Å². The number of nitrogens with zero attached hydrogens (tertiary/aromatic N) is 3. The Kier molecular flexibility index (Phi) is 6.73. The maximum Gasteiger partial charge on any atom is 0.340 e. The highest BCUT2D eigenvalue weighted by Crippen LogP contribution is 2.21. The van der Waals surface area contributed by atoms with Gasteiger partial charge >= 0.3 is 5.97 Å². The smallest absolute Gasteiger partial charge is 0.340 e. The molecule has 7 heteroatoms. The Balaban J connectivity index is 1.62. The Bertz CT molecular complexity index is 806. The molecule has 0 radical (unpaired) electrons. The van der Waals surface area contributed by atoms with Crippen LogP contribution in [0.3, 0.4) is 0 Å². The molecule has 0 aliphatic heterocycles. The summed E-state index contributed by atoms with van der Waals surface area (Å²) in [6.07, 6.45) is 9.81. The predicted octanol–water partition coefficient (Wildman–Crippen LogP) is 4.09. The number of nitrogens with one attached hydrogen (secondary N) is 2. The van der Waals surface area contributed by atoms with E-state index in [0.29, 0.717) is 29.6 Å². The molecule has 0 saturated heterocycles. The van der Waals surface area contributed by atoms with Crippen LogP contribution in [0.1, 0.15) is 49.4 Å². The van der Waals surface area contributed by atoms with Crippen molar-refractivity contribution in [3.05, 3.63) is 47.7 Å². The van der Waals surface area contributed by atoms with E-state index >= 15 is 0 Å². The lowest BCUT2D eigenvalue weighted by molar-refractivity contribution is 0.0527. The van der Waals surface area contributed by atoms with Gasteiger partial charge in [0.2, 0.25) is 5.95 Å². The average molecular weight is 367 g/mol. The lowest BCUT2D eigenvalue weighted by atomic mass is 9.97. The van der Waals surface area contributed by atoms with Crippen molar-refractivity contribution in [2.24, 2.45) is 0 Å². The Morgan fingerprint density at radius 2 is 2.15 bits per heavy atom. The molecule has 2 N–H and O–H groups in total. The van der Waals surface area contributed by atoms with Gasteiger partial charge in [-0.25, -0.2) is 4.79 Å². The molecule has 0 amide bonds. The third-order valence-electron chi connectivity index (χ3n) is 4.36. The van der Waals surface area contributed by atoms with Crippen molar-refractivity contribution in [1.29, 1.82) is 0 Å². The molecule has 1 aromatic carbocycles. The number of carbonyl (C=O) groups excluding carboxylic acids is 1. The van der Waals surface area contributed by atoms with Crippen LogP contribution >= 0.6 is 0 Å². The van der Waals surface area contributed by atoms with Gasteiger partial charge in [0.15, 0.2) is 5.82 Å². The van der Waals surface area contributed by atoms with Gasteiger partial charge in [-0.1, -0.05) is 23.8 Å². The monoisotopic (exact) mass is 367 g/mol. The van der Waals surface area contributed by atoms with Crippen LogP contribution in [0, 0.1) is 0 Å². The number of allylic oxidation sites excluding steroid dienone is 1. The van der Waals surface area contributed by atoms with Crippen LogP contribution in [0.15, 0.2) is 42.1 Å². The standard InChI is InChI=1S/C20H25N5O2/c1-2-27-19(26)16-10-6-7-11-17(16)23-18-14-22-25-20(24-18)21-13-12-15-8-4-3-5-9-15/h6-8,10-11,14H,2-5,9,12-13H2,1H3,(H2,21,23,24,25). The van der Waals surface area contributed by atoms with Crippen LogP contribution in [-0.4, -0.2) is 34.3 Å². The summed E-state index contributed by atoms with van der Waals surface area (Å²) >= 11 is 0. The van der Waals surface area contributed by atoms with E-state index in [1.165, 1.54) is 37.5 Å². The first-order chi connectivity index (χ1) is 13.3. The molecule has 3 rings (SSSR count). The summed E-state index contributed by atoms with van der Waals surface area (Å²) in [5, 5.41) is 14.4. The second-order valence-electron chi connectivity index (χ2n) is 6.34. The van der Waals surface area contributed by atoms with E-state index in [-0.39, 0.29) is 5.97 Å². The maximum atomic E-state index is 12.1. The van der Waals surface area contributed by atoms with Gasteiger partial charge < -0.3 is 15.4 Å². The second kappa shape index (κ2) is 9.66. The summed E-state index contributed by atoms with van der Waals surface area (Å²) in [5.74, 6) is 0.605. The van der Waals surface area contributed by atoms with Gasteiger partial charge in [0.05, 0.1) is 24.1 Å². The molecule has 0 saturated carbocycles. The molecule has 27 heavy (non-hydrogen) atoms. The fourth-order valence-corrected chi connectivity index (χ4v) is 3.02. The molecular formula is C20H25N5O2. The highest BCUT2D eigenvalue weighted by Gasteiger charge is 2.13. The number of benzene rings is 1. The maximum absolute atomic E-state index is 12.1. The molecule has 1 heterocycles. The lowest BCUT2D eigenvalue weighted by Crippen LogP contribution is -2.10. The van der Waals surface area contributed by atoms with E-state index in [1.54, 1.807) is 25.1 Å². The van der Waals surface area contributed by atoms with E-state index in [9.17, 15) is 4.79 Å². The number of anilines is 3. The zero-order valence-corrected chi connectivity index (χ0v) is 15.6. The van der Waals surface area contributed by atoms with E-state index in [4.69, 9.17) is 4.74 Å². The number of ether oxygens (including phenoxy) is 1. The quantitative estimate of drug-likeness (QED) is 0.536. The largest absolute Gasteiger partial charge is 0.462 e. The molecule has 0 bridgehead atoms. The molecule has 0 atom stereocenters. The van der Waals surface area contributed by atoms with Crippen LogP contribution < -0.4 is 10.6 Å². The number of para-hydroxylation sites is 1. The Morgan fingerprint density at radius 1 is 1.26 bits per heavy atom. The highest BCUT2D eigenvalue weighted by molar-refractivity contribution is 5.96. The number of esters is 1. The van der Waals surface area contributed by atoms with Gasteiger partial charge in [-0.2, -0.15) is 10.1 Å². The van der Waals surface area contributed by atoms with Crippen LogP contribution in [0.2, 0.25) is 0 Å². The van der Waals surface area contributed by atoms with Crippen LogP contribution in [0.5, 0.6) is 0 Å². The minimum absolute atomic E-state index is 0.326. The predicted molar refractivity (Wildman–Crippen MR) is 105 cm³/mol. The van der Waals surface area contributed by atoms with Crippen molar-refractivity contribution >= 4 is 23.4 Å². The Morgan fingerprint density at radius 3 is 2.96 bits per heavy atom. The minimum Gasteiger partial charge on any atom is -0.462 e. The molecule has 2 aromatic rings. The average Bonchev–Trinajstić information content (AvgIpc) is 2.70. The van der Waals surface area contributed by atoms with Crippen molar-refractivity contribution in [2.75, 3.05) is 23.8 Å². The molecule has 0 spiro atoms. The molecule has 0 unspecified atom stereocenters. The summed E-state index contributed by atoms with van der Waals surface area (Å²) in [5.41, 5.74) is 2.57. The Labute approximate surface area is 159 Å². The van der Waals surface area contributed by atoms with Gasteiger partial charge in [0.25, 0.3) is 0 Å². The second-order valence-corrected chi connectivity index (χ2v) is 6.34. The van der Waals surface area contributed by atoms with Gasteiger partial charge in [-0.15, -0.1) is 5.10 Å². The highest BCUT2D eigenvalue weighted by atomic mass is 16.5. The molecular weight excluding hydrogens is 342 g/mol. The number of carbonyl (C=O) groups is 1. The summed E-state index contributed by atoms with van der Waals surface area (Å²) in [6.45, 7) is 2.88. The van der Waals surface area contributed by atoms with E-state index in [0.717, 1.165) is 13.0 Å². The summed E-state index contributed by atoms with van der Waals surface area (Å²) in [4.78, 5) is 16.5. The van der Waals surface area contributed by atoms with Gasteiger partial charge in [-0.3, -0.25) is 0 Å². The normalized spacial score (nSPS) is 13.6. The fraction of sp³-hybridized carbons (Fsp3) is 0.400. The first-order valence-corrected chi connectivity index (χ1v) is 9.41. The lowest BCUT2D eigenvalue weighted by Gasteiger charge is -2.13. The van der Waals surface area contributed by atoms with Gasteiger partial charge in [-0.05, 0) is 51.2 Å². The first-order valence-electron chi connectivity index (χ1n) is 9.41. The van der Waals surface area contributed by atoms with E-state index in [2.05, 4.69) is 31.9 Å². The molecule has 142 valence electrons. The summed E-state index contributed by atoms with van der Waals surface area (Å²) in [6, 6.07) is 7.16. The number of rotatable bonds is 8. The third kappa shape index (κ3) is 5.51. The third-order valence-corrected chi connectivity index (χ3v) is 4.36. The first kappa shape index (κ1) is 18.8. The summed E-state index contributed by atoms with van der Waals surface area (Å²) < 4.78 is 5.10. The van der Waals surface area contributed by atoms with Crippen LogP contribution in [0.25, 0.3) is 0 Å². The SMILES string of the molecule is CCOC(=O)c1ccccc1Nc1cnnc(NCCC2=CCCCC2)n1. The van der Waals surface area contributed by atoms with Crippen molar-refractivity contribution in [1.82, 2.24) is 15.2 Å². The van der Waals surface area contributed by atoms with Crippen LogP contribution in [-0.2, 0) is 4.74 Å². The molecule has 0 fully saturated rings. The fourth-order valence-electron chi connectivity index (χ4n) is 3.02. The van der Waals surface area contributed by atoms with Crippen molar-refractivity contribution < 1.29 is 9.53 Å². The minimum atomic E-state index is -0.373. The van der Waals surface area contributed by atoms with Crippen molar-refractivity contribution in [3.63, 3.8) is 0 Å². The number of aromatic nitrogens is 3. The molecule has 1 aliphatic rings. The molecule has 7 nitrogen and oxygen atoms in total. The number of hydrogen-bond acceptors (Lipinski definition) is 7. The van der Waals surface area contributed by atoms with E-state index < -0.39 is 0 Å². The topological polar surface area (TPSA) is 89.0 Å². The molecule has 1 aliphatic carbocycles. The number of hydrogen-bond donors (Lipinski definition) is 2.